The Kier molecular flexibility index (Phi) is 1.77. The largest absolute Gasteiger partial charge is 0.454 e. The van der Waals surface area contributed by atoms with E-state index in [2.05, 4.69) is 5.10 Å². The highest BCUT2D eigenvalue weighted by Crippen LogP contribution is 2.25. The first-order chi connectivity index (χ1) is 7.74. The van der Waals surface area contributed by atoms with E-state index in [1.165, 1.54) is 10.7 Å². The summed E-state index contributed by atoms with van der Waals surface area (Å²) in [6.07, 6.45) is 0. The van der Waals surface area contributed by atoms with Gasteiger partial charge in [-0.15, -0.1) is 0 Å². The monoisotopic (exact) mass is 214 g/mol. The normalized spacial score (nSPS) is 11.1. The van der Waals surface area contributed by atoms with E-state index in [1.807, 2.05) is 30.3 Å². The molecule has 0 radical (unpaired) electrons. The van der Waals surface area contributed by atoms with Gasteiger partial charge in [-0.05, 0) is 12.1 Å². The second-order valence-corrected chi connectivity index (χ2v) is 3.72. The molecular weight excluding hydrogens is 204 g/mol. The van der Waals surface area contributed by atoms with Crippen molar-refractivity contribution in [2.75, 3.05) is 0 Å². The molecule has 0 fully saturated rings. The van der Waals surface area contributed by atoms with Crippen LogP contribution < -0.4 is 5.56 Å². The van der Waals surface area contributed by atoms with Gasteiger partial charge in [-0.25, -0.2) is 0 Å². The van der Waals surface area contributed by atoms with E-state index in [1.54, 1.807) is 7.05 Å². The summed E-state index contributed by atoms with van der Waals surface area (Å²) in [6, 6.07) is 11.2. The van der Waals surface area contributed by atoms with Crippen molar-refractivity contribution in [3.63, 3.8) is 0 Å². The number of H-pyrrole nitrogens is 1. The summed E-state index contributed by atoms with van der Waals surface area (Å²) in [6.45, 7) is 0. The number of nitrogens with zero attached hydrogens (tertiary/aromatic N) is 1. The van der Waals surface area contributed by atoms with Gasteiger partial charge in [0.2, 0.25) is 0 Å². The molecule has 1 aromatic carbocycles. The highest BCUT2D eigenvalue weighted by Gasteiger charge is 2.08. The smallest absolute Gasteiger partial charge is 0.266 e. The van der Waals surface area contributed by atoms with Gasteiger partial charge >= 0.3 is 0 Å². The van der Waals surface area contributed by atoms with Gasteiger partial charge in [0.05, 0.1) is 0 Å². The van der Waals surface area contributed by atoms with Crippen molar-refractivity contribution < 1.29 is 4.42 Å². The first-order valence-corrected chi connectivity index (χ1v) is 4.99. The number of fused-ring (bicyclic) bond motifs is 1. The Hall–Kier alpha value is -2.23. The van der Waals surface area contributed by atoms with Crippen LogP contribution in [0.2, 0.25) is 0 Å². The molecule has 3 rings (SSSR count). The first kappa shape index (κ1) is 9.03. The number of hydrogen-bond donors (Lipinski definition) is 1. The Morgan fingerprint density at radius 3 is 2.75 bits per heavy atom. The maximum atomic E-state index is 11.3. The van der Waals surface area contributed by atoms with Gasteiger partial charge in [0.25, 0.3) is 5.56 Å². The Balaban J connectivity index is 2.22. The second kappa shape index (κ2) is 3.13. The minimum absolute atomic E-state index is 0.0737. The van der Waals surface area contributed by atoms with Crippen LogP contribution in [0.5, 0.6) is 0 Å². The van der Waals surface area contributed by atoms with Gasteiger partial charge in [0, 0.05) is 18.5 Å². The molecule has 3 aromatic rings. The lowest BCUT2D eigenvalue weighted by Crippen LogP contribution is -2.09. The fourth-order valence-electron chi connectivity index (χ4n) is 1.73. The molecular formula is C12H10N2O2. The third kappa shape index (κ3) is 1.27. The van der Waals surface area contributed by atoms with Crippen molar-refractivity contribution in [1.29, 1.82) is 0 Å². The maximum Gasteiger partial charge on any atom is 0.266 e. The molecule has 0 aliphatic rings. The number of aromatic nitrogens is 2. The van der Waals surface area contributed by atoms with Crippen molar-refractivity contribution >= 4 is 11.0 Å². The molecule has 0 atom stereocenters. The van der Waals surface area contributed by atoms with Crippen LogP contribution in [-0.4, -0.2) is 9.78 Å². The molecule has 0 aliphatic heterocycles. The summed E-state index contributed by atoms with van der Waals surface area (Å²) in [7, 11) is 1.68. The molecule has 4 heteroatoms. The minimum atomic E-state index is -0.0737. The van der Waals surface area contributed by atoms with Crippen LogP contribution >= 0.6 is 0 Å². The molecule has 80 valence electrons. The van der Waals surface area contributed by atoms with Crippen molar-refractivity contribution in [2.45, 2.75) is 0 Å². The van der Waals surface area contributed by atoms with E-state index in [0.29, 0.717) is 11.5 Å². The number of para-hydroxylation sites is 1. The number of hydrogen-bond acceptors (Lipinski definition) is 2. The number of aryl methyl sites for hydroxylation is 1. The molecule has 1 N–H and O–H groups in total. The lowest BCUT2D eigenvalue weighted by Gasteiger charge is -1.90. The standard InChI is InChI=1S/C12H10N2O2/c1-14-12(15)7-9(13-14)11-6-8-4-2-3-5-10(8)16-11/h2-7,13H,1H3. The second-order valence-electron chi connectivity index (χ2n) is 3.72. The number of aromatic amines is 1. The van der Waals surface area contributed by atoms with Gasteiger partial charge in [0.15, 0.2) is 5.76 Å². The van der Waals surface area contributed by atoms with Gasteiger partial charge in [0.1, 0.15) is 11.3 Å². The molecule has 4 nitrogen and oxygen atoms in total. The molecule has 2 heterocycles. The summed E-state index contributed by atoms with van der Waals surface area (Å²) >= 11 is 0. The van der Waals surface area contributed by atoms with Gasteiger partial charge in [-0.1, -0.05) is 18.2 Å². The Morgan fingerprint density at radius 1 is 1.25 bits per heavy atom. The lowest BCUT2D eigenvalue weighted by atomic mass is 10.2. The number of nitrogens with one attached hydrogen (secondary N) is 1. The van der Waals surface area contributed by atoms with E-state index < -0.39 is 0 Å². The quantitative estimate of drug-likeness (QED) is 0.674. The molecule has 0 saturated heterocycles. The number of rotatable bonds is 1. The maximum absolute atomic E-state index is 11.3. The van der Waals surface area contributed by atoms with Crippen molar-refractivity contribution in [1.82, 2.24) is 9.78 Å². The zero-order valence-electron chi connectivity index (χ0n) is 8.73. The van der Waals surface area contributed by atoms with Crippen molar-refractivity contribution in [2.24, 2.45) is 7.05 Å². The Morgan fingerprint density at radius 2 is 2.06 bits per heavy atom. The predicted octanol–water partition coefficient (Wildman–Crippen LogP) is 2.13. The molecule has 16 heavy (non-hydrogen) atoms. The molecule has 2 aromatic heterocycles. The van der Waals surface area contributed by atoms with Crippen LogP contribution in [0, 0.1) is 0 Å². The third-order valence-electron chi connectivity index (χ3n) is 2.58. The zero-order chi connectivity index (χ0) is 11.1. The minimum Gasteiger partial charge on any atom is -0.454 e. The van der Waals surface area contributed by atoms with E-state index in [0.717, 1.165) is 11.0 Å². The third-order valence-corrected chi connectivity index (χ3v) is 2.58. The molecule has 0 bridgehead atoms. The highest BCUT2D eigenvalue weighted by molar-refractivity contribution is 5.81. The van der Waals surface area contributed by atoms with Gasteiger partial charge in [-0.2, -0.15) is 0 Å². The van der Waals surface area contributed by atoms with Crippen LogP contribution in [0.15, 0.2) is 45.6 Å². The summed E-state index contributed by atoms with van der Waals surface area (Å²) < 4.78 is 7.06. The van der Waals surface area contributed by atoms with Crippen molar-refractivity contribution in [3.8, 4) is 11.5 Å². The van der Waals surface area contributed by atoms with E-state index in [9.17, 15) is 4.79 Å². The topological polar surface area (TPSA) is 50.9 Å². The first-order valence-electron chi connectivity index (χ1n) is 4.99. The summed E-state index contributed by atoms with van der Waals surface area (Å²) in [5.74, 6) is 0.680. The molecule has 0 amide bonds. The van der Waals surface area contributed by atoms with Crippen LogP contribution in [0.1, 0.15) is 0 Å². The van der Waals surface area contributed by atoms with Crippen LogP contribution in [-0.2, 0) is 7.05 Å². The van der Waals surface area contributed by atoms with E-state index >= 15 is 0 Å². The fraction of sp³-hybridized carbons (Fsp3) is 0.0833. The fourth-order valence-corrected chi connectivity index (χ4v) is 1.73. The number of benzene rings is 1. The molecule has 0 spiro atoms. The van der Waals surface area contributed by atoms with Crippen molar-refractivity contribution in [3.05, 3.63) is 46.8 Å². The average Bonchev–Trinajstić information content (AvgIpc) is 2.83. The predicted molar refractivity (Wildman–Crippen MR) is 61.2 cm³/mol. The molecule has 0 aliphatic carbocycles. The zero-order valence-corrected chi connectivity index (χ0v) is 8.73. The van der Waals surface area contributed by atoms with Crippen LogP contribution in [0.3, 0.4) is 0 Å². The van der Waals surface area contributed by atoms with E-state index in [-0.39, 0.29) is 5.56 Å². The highest BCUT2D eigenvalue weighted by atomic mass is 16.3. The Bertz CT molecular complexity index is 670. The molecule has 0 unspecified atom stereocenters. The number of furan rings is 1. The molecule has 0 saturated carbocycles. The van der Waals surface area contributed by atoms with Gasteiger partial charge in [-0.3, -0.25) is 14.6 Å². The van der Waals surface area contributed by atoms with E-state index in [4.69, 9.17) is 4.42 Å². The van der Waals surface area contributed by atoms with Crippen LogP contribution in [0.25, 0.3) is 22.4 Å². The summed E-state index contributed by atoms with van der Waals surface area (Å²) in [5, 5.41) is 3.96. The average molecular weight is 214 g/mol. The Labute approximate surface area is 91.1 Å². The summed E-state index contributed by atoms with van der Waals surface area (Å²) in [5.41, 5.74) is 1.45. The van der Waals surface area contributed by atoms with Gasteiger partial charge < -0.3 is 4.42 Å². The lowest BCUT2D eigenvalue weighted by molar-refractivity contribution is 0.624. The SMILES string of the molecule is Cn1[nH]c(-c2cc3ccccc3o2)cc1=O. The van der Waals surface area contributed by atoms with Crippen LogP contribution in [0.4, 0.5) is 0 Å². The summed E-state index contributed by atoms with van der Waals surface area (Å²) in [4.78, 5) is 11.3.